The number of rotatable bonds is 3. The second-order valence-electron chi connectivity index (χ2n) is 5.92. The molecule has 0 radical (unpaired) electrons. The quantitative estimate of drug-likeness (QED) is 0.844. The Morgan fingerprint density at radius 3 is 2.96 bits per heavy atom. The Balaban J connectivity index is 1.77. The number of hydrogen-bond acceptors (Lipinski definition) is 6. The minimum Gasteiger partial charge on any atom is -0.408 e. The molecule has 2 aromatic rings. The fourth-order valence-corrected chi connectivity index (χ4v) is 2.36. The van der Waals surface area contributed by atoms with Crippen molar-refractivity contribution in [2.75, 3.05) is 19.8 Å². The molecule has 0 saturated carbocycles. The van der Waals surface area contributed by atoms with E-state index in [2.05, 4.69) is 4.98 Å². The average Bonchev–Trinajstić information content (AvgIpc) is 2.59. The molecule has 1 aliphatic rings. The van der Waals surface area contributed by atoms with E-state index in [1.807, 2.05) is 0 Å². The molecule has 0 unspecified atom stereocenters. The monoisotopic (exact) mass is 360 g/mol. The van der Waals surface area contributed by atoms with Crippen LogP contribution in [0.1, 0.15) is 11.3 Å². The van der Waals surface area contributed by atoms with Gasteiger partial charge in [0.15, 0.2) is 17.3 Å². The van der Waals surface area contributed by atoms with Gasteiger partial charge in [-0.3, -0.25) is 9.88 Å². The third-order valence-corrected chi connectivity index (χ3v) is 3.74. The van der Waals surface area contributed by atoms with Crippen molar-refractivity contribution in [2.24, 2.45) is 0 Å². The molecule has 0 atom stereocenters. The van der Waals surface area contributed by atoms with Gasteiger partial charge < -0.3 is 20.1 Å². The van der Waals surface area contributed by atoms with Gasteiger partial charge in [-0.1, -0.05) is 12.1 Å². The summed E-state index contributed by atoms with van der Waals surface area (Å²) in [6.07, 6.45) is 0.128. The van der Waals surface area contributed by atoms with Crippen molar-refractivity contribution in [1.82, 2.24) is 14.8 Å². The Kier molecular flexibility index (Phi) is 4.61. The van der Waals surface area contributed by atoms with Gasteiger partial charge in [-0.25, -0.2) is 14.0 Å². The molecular weight excluding hydrogens is 343 g/mol. The van der Waals surface area contributed by atoms with Crippen LogP contribution in [0.4, 0.5) is 19.7 Å². The molecule has 9 heteroatoms. The molecule has 0 spiro atoms. The maximum Gasteiger partial charge on any atom is 0.415 e. The molecule has 2 heterocycles. The number of pyridine rings is 1. The summed E-state index contributed by atoms with van der Waals surface area (Å²) < 4.78 is 24.4. The summed E-state index contributed by atoms with van der Waals surface area (Å²) in [4.78, 5) is 30.5. The number of nitrogens with zero attached hydrogens (tertiary/aromatic N) is 3. The number of nitrogens with two attached hydrogens (primary N) is 1. The number of carbonyl (C=O) groups is 2. The molecular formula is C17H17FN4O4. The second-order valence-corrected chi connectivity index (χ2v) is 5.92. The van der Waals surface area contributed by atoms with E-state index in [1.165, 1.54) is 28.1 Å². The zero-order valence-electron chi connectivity index (χ0n) is 14.2. The number of carbonyl (C=O) groups excluding carboxylic acids is 2. The lowest BCUT2D eigenvalue weighted by molar-refractivity contribution is 0.132. The molecule has 1 aliphatic heterocycles. The predicted molar refractivity (Wildman–Crippen MR) is 90.0 cm³/mol. The van der Waals surface area contributed by atoms with Crippen LogP contribution in [0.5, 0.6) is 11.5 Å². The molecule has 8 nitrogen and oxygen atoms in total. The number of anilines is 1. The fraction of sp³-hybridized carbons (Fsp3) is 0.235. The molecule has 1 aromatic carbocycles. The van der Waals surface area contributed by atoms with E-state index in [-0.39, 0.29) is 35.8 Å². The molecule has 0 fully saturated rings. The Labute approximate surface area is 148 Å². The molecule has 26 heavy (non-hydrogen) atoms. The number of fused-ring (bicyclic) bond motifs is 1. The van der Waals surface area contributed by atoms with Gasteiger partial charge in [-0.2, -0.15) is 0 Å². The van der Waals surface area contributed by atoms with E-state index >= 15 is 0 Å². The van der Waals surface area contributed by atoms with Crippen LogP contribution in [0, 0.1) is 5.82 Å². The summed E-state index contributed by atoms with van der Waals surface area (Å²) in [6.45, 7) is 0.124. The molecule has 2 amide bonds. The number of benzene rings is 1. The van der Waals surface area contributed by atoms with E-state index in [9.17, 15) is 14.0 Å². The lowest BCUT2D eigenvalue weighted by Gasteiger charge is -2.27. The minimum atomic E-state index is -0.655. The predicted octanol–water partition coefficient (Wildman–Crippen LogP) is 2.38. The van der Waals surface area contributed by atoms with Crippen LogP contribution in [0.3, 0.4) is 0 Å². The smallest absolute Gasteiger partial charge is 0.408 e. The Bertz CT molecular complexity index is 872. The van der Waals surface area contributed by atoms with Crippen molar-refractivity contribution in [3.05, 3.63) is 47.5 Å². The maximum atomic E-state index is 14.0. The highest BCUT2D eigenvalue weighted by Gasteiger charge is 2.27. The number of halogens is 1. The SMILES string of the molecule is CN(C)C(=O)Oc1cnc2c(c1)OC(=O)N(Cc1cccc(N)c1F)C2. The molecule has 1 aromatic heterocycles. The summed E-state index contributed by atoms with van der Waals surface area (Å²) in [5, 5.41) is 0. The number of amides is 2. The number of ether oxygens (including phenoxy) is 2. The summed E-state index contributed by atoms with van der Waals surface area (Å²) in [6, 6.07) is 6.02. The van der Waals surface area contributed by atoms with Crippen LogP contribution in [0.2, 0.25) is 0 Å². The number of aromatic nitrogens is 1. The van der Waals surface area contributed by atoms with E-state index < -0.39 is 18.0 Å². The number of hydrogen-bond donors (Lipinski definition) is 1. The van der Waals surface area contributed by atoms with E-state index in [4.69, 9.17) is 15.2 Å². The first-order chi connectivity index (χ1) is 12.3. The van der Waals surface area contributed by atoms with Crippen molar-refractivity contribution < 1.29 is 23.5 Å². The van der Waals surface area contributed by atoms with Crippen LogP contribution in [-0.4, -0.2) is 41.1 Å². The summed E-state index contributed by atoms with van der Waals surface area (Å²) >= 11 is 0. The highest BCUT2D eigenvalue weighted by Crippen LogP contribution is 2.29. The van der Waals surface area contributed by atoms with Crippen LogP contribution in [0.25, 0.3) is 0 Å². The number of nitrogen functional groups attached to an aromatic ring is 1. The summed E-state index contributed by atoms with van der Waals surface area (Å²) in [7, 11) is 3.09. The van der Waals surface area contributed by atoms with Gasteiger partial charge in [0.25, 0.3) is 0 Å². The summed E-state index contributed by atoms with van der Waals surface area (Å²) in [5.41, 5.74) is 6.31. The first-order valence-corrected chi connectivity index (χ1v) is 7.73. The Morgan fingerprint density at radius 2 is 2.23 bits per heavy atom. The van der Waals surface area contributed by atoms with Crippen LogP contribution < -0.4 is 15.2 Å². The normalized spacial score (nSPS) is 13.0. The lowest BCUT2D eigenvalue weighted by Crippen LogP contribution is -2.37. The molecule has 0 aliphatic carbocycles. The van der Waals surface area contributed by atoms with E-state index in [0.717, 1.165) is 0 Å². The molecule has 2 N–H and O–H groups in total. The van der Waals surface area contributed by atoms with Crippen molar-refractivity contribution in [1.29, 1.82) is 0 Å². The van der Waals surface area contributed by atoms with Gasteiger partial charge in [0.05, 0.1) is 25.0 Å². The second kappa shape index (κ2) is 6.87. The molecule has 3 rings (SSSR count). The van der Waals surface area contributed by atoms with Gasteiger partial charge in [0.2, 0.25) is 0 Å². The Hall–Kier alpha value is -3.36. The van der Waals surface area contributed by atoms with Crippen LogP contribution in [-0.2, 0) is 13.1 Å². The maximum absolute atomic E-state index is 14.0. The summed E-state index contributed by atoms with van der Waals surface area (Å²) in [5.74, 6) is -0.209. The lowest BCUT2D eigenvalue weighted by atomic mass is 10.1. The highest BCUT2D eigenvalue weighted by atomic mass is 19.1. The van der Waals surface area contributed by atoms with Crippen LogP contribution >= 0.6 is 0 Å². The van der Waals surface area contributed by atoms with Crippen molar-refractivity contribution >= 4 is 17.9 Å². The first-order valence-electron chi connectivity index (χ1n) is 7.73. The highest BCUT2D eigenvalue weighted by molar-refractivity contribution is 5.74. The van der Waals surface area contributed by atoms with Crippen molar-refractivity contribution in [3.8, 4) is 11.5 Å². The van der Waals surface area contributed by atoms with Crippen LogP contribution in [0.15, 0.2) is 30.5 Å². The molecule has 0 saturated heterocycles. The zero-order valence-corrected chi connectivity index (χ0v) is 14.2. The van der Waals surface area contributed by atoms with Crippen molar-refractivity contribution in [2.45, 2.75) is 13.1 Å². The van der Waals surface area contributed by atoms with Crippen molar-refractivity contribution in [3.63, 3.8) is 0 Å². The molecule has 136 valence electrons. The van der Waals surface area contributed by atoms with Gasteiger partial charge in [-0.05, 0) is 6.07 Å². The average molecular weight is 360 g/mol. The first kappa shape index (κ1) is 17.5. The van der Waals surface area contributed by atoms with Gasteiger partial charge in [0.1, 0.15) is 5.69 Å². The van der Waals surface area contributed by atoms with Gasteiger partial charge in [-0.15, -0.1) is 0 Å². The van der Waals surface area contributed by atoms with Gasteiger partial charge >= 0.3 is 12.2 Å². The van der Waals surface area contributed by atoms with Gasteiger partial charge in [0, 0.05) is 25.7 Å². The fourth-order valence-electron chi connectivity index (χ4n) is 2.36. The molecule has 0 bridgehead atoms. The van der Waals surface area contributed by atoms with E-state index in [1.54, 1.807) is 26.2 Å². The Morgan fingerprint density at radius 1 is 1.46 bits per heavy atom. The standard InChI is InChI=1S/C17H17FN4O4/c1-21(2)16(23)25-11-6-14-13(20-7-11)9-22(17(24)26-14)8-10-4-3-5-12(19)15(10)18/h3-7H,8-9,19H2,1-2H3. The zero-order chi connectivity index (χ0) is 18.8. The minimum absolute atomic E-state index is 0.00576. The third-order valence-electron chi connectivity index (χ3n) is 3.74. The third kappa shape index (κ3) is 3.51. The van der Waals surface area contributed by atoms with E-state index in [0.29, 0.717) is 5.69 Å². The largest absolute Gasteiger partial charge is 0.415 e. The topological polar surface area (TPSA) is 98.0 Å².